The summed E-state index contributed by atoms with van der Waals surface area (Å²) in [6, 6.07) is 3.28. The summed E-state index contributed by atoms with van der Waals surface area (Å²) in [5.41, 5.74) is -0.818. The molecule has 1 aromatic heterocycles. The van der Waals surface area contributed by atoms with Crippen LogP contribution in [-0.4, -0.2) is 55.9 Å². The molecule has 0 aliphatic carbocycles. The van der Waals surface area contributed by atoms with Gasteiger partial charge in [-0.25, -0.2) is 4.79 Å². The van der Waals surface area contributed by atoms with Gasteiger partial charge in [-0.05, 0) is 33.2 Å². The number of methoxy groups -OCH3 is 1. The van der Waals surface area contributed by atoms with E-state index in [1.807, 2.05) is 19.0 Å². The number of hydrogen-bond donors (Lipinski definition) is 2. The van der Waals surface area contributed by atoms with Crippen molar-refractivity contribution in [1.29, 1.82) is 0 Å². The number of carbonyl (C=O) groups is 1. The fourth-order valence-electron chi connectivity index (χ4n) is 1.88. The molecule has 0 radical (unpaired) electrons. The zero-order valence-electron chi connectivity index (χ0n) is 11.9. The van der Waals surface area contributed by atoms with Crippen LogP contribution in [0.15, 0.2) is 16.5 Å². The normalized spacial score (nSPS) is 14.4. The van der Waals surface area contributed by atoms with Crippen LogP contribution in [0.25, 0.3) is 0 Å². The summed E-state index contributed by atoms with van der Waals surface area (Å²) in [5.74, 6) is 0.311. The Hall–Kier alpha value is -1.37. The van der Waals surface area contributed by atoms with E-state index >= 15 is 0 Å². The van der Waals surface area contributed by atoms with Crippen LogP contribution < -0.4 is 5.32 Å². The molecule has 0 amide bonds. The molecule has 0 spiro atoms. The van der Waals surface area contributed by atoms with Crippen LogP contribution in [0.2, 0.25) is 0 Å². The largest absolute Gasteiger partial charge is 0.463 e. The lowest BCUT2D eigenvalue weighted by Crippen LogP contribution is -2.45. The summed E-state index contributed by atoms with van der Waals surface area (Å²) in [5, 5.41) is 13.2. The topological polar surface area (TPSA) is 74.9 Å². The molecule has 1 heterocycles. The summed E-state index contributed by atoms with van der Waals surface area (Å²) in [7, 11) is 5.12. The highest BCUT2D eigenvalue weighted by Gasteiger charge is 2.21. The van der Waals surface area contributed by atoms with Crippen LogP contribution in [-0.2, 0) is 11.3 Å². The molecule has 0 bridgehead atoms. The number of rotatable bonds is 7. The summed E-state index contributed by atoms with van der Waals surface area (Å²) >= 11 is 0. The Morgan fingerprint density at radius 2 is 2.21 bits per heavy atom. The quantitative estimate of drug-likeness (QED) is 0.702. The lowest BCUT2D eigenvalue weighted by molar-refractivity contribution is 0.0331. The lowest BCUT2D eigenvalue weighted by atomic mass is 10.1. The van der Waals surface area contributed by atoms with Crippen LogP contribution in [0.3, 0.4) is 0 Å². The molecule has 108 valence electrons. The first-order valence-corrected chi connectivity index (χ1v) is 6.09. The van der Waals surface area contributed by atoms with Crippen LogP contribution in [0.4, 0.5) is 0 Å². The average molecular weight is 270 g/mol. The van der Waals surface area contributed by atoms with Gasteiger partial charge in [0.1, 0.15) is 5.76 Å². The Bertz CT molecular complexity index is 413. The van der Waals surface area contributed by atoms with Gasteiger partial charge >= 0.3 is 5.97 Å². The first-order chi connectivity index (χ1) is 8.84. The van der Waals surface area contributed by atoms with E-state index < -0.39 is 11.6 Å². The van der Waals surface area contributed by atoms with Crippen molar-refractivity contribution in [2.24, 2.45) is 0 Å². The van der Waals surface area contributed by atoms with Crippen LogP contribution in [0.1, 0.15) is 23.2 Å². The Labute approximate surface area is 113 Å². The van der Waals surface area contributed by atoms with E-state index in [0.29, 0.717) is 25.4 Å². The minimum atomic E-state index is -0.818. The molecular formula is C13H22N2O4. The van der Waals surface area contributed by atoms with E-state index in [-0.39, 0.29) is 5.76 Å². The molecule has 6 heteroatoms. The second-order valence-corrected chi connectivity index (χ2v) is 5.10. The van der Waals surface area contributed by atoms with Gasteiger partial charge < -0.3 is 24.5 Å². The van der Waals surface area contributed by atoms with E-state index in [0.717, 1.165) is 0 Å². The van der Waals surface area contributed by atoms with Gasteiger partial charge in [0.05, 0.1) is 19.3 Å². The number of nitrogens with one attached hydrogen (secondary N) is 1. The number of likely N-dealkylation sites (N-methyl/N-ethyl adjacent to an activating group) is 1. The highest BCUT2D eigenvalue weighted by atomic mass is 16.5. The lowest BCUT2D eigenvalue weighted by Gasteiger charge is -2.27. The van der Waals surface area contributed by atoms with Gasteiger partial charge in [-0.3, -0.25) is 0 Å². The third-order valence-corrected chi connectivity index (χ3v) is 2.51. The predicted molar refractivity (Wildman–Crippen MR) is 70.9 cm³/mol. The molecule has 0 saturated heterocycles. The van der Waals surface area contributed by atoms with Crippen molar-refractivity contribution in [1.82, 2.24) is 10.2 Å². The number of hydrogen-bond acceptors (Lipinski definition) is 6. The maximum absolute atomic E-state index is 11.2. The number of carbonyl (C=O) groups excluding carboxylic acids is 1. The van der Waals surface area contributed by atoms with E-state index in [1.165, 1.54) is 7.11 Å². The number of aliphatic hydroxyl groups is 1. The van der Waals surface area contributed by atoms with Gasteiger partial charge in [0, 0.05) is 13.1 Å². The van der Waals surface area contributed by atoms with Crippen molar-refractivity contribution in [3.8, 4) is 0 Å². The first-order valence-electron chi connectivity index (χ1n) is 6.09. The van der Waals surface area contributed by atoms with E-state index in [1.54, 1.807) is 19.1 Å². The molecule has 2 N–H and O–H groups in total. The summed E-state index contributed by atoms with van der Waals surface area (Å²) in [4.78, 5) is 13.1. The van der Waals surface area contributed by atoms with Gasteiger partial charge in [0.2, 0.25) is 5.76 Å². The van der Waals surface area contributed by atoms with Crippen molar-refractivity contribution in [2.45, 2.75) is 19.1 Å². The smallest absolute Gasteiger partial charge is 0.373 e. The molecule has 1 rings (SSSR count). The van der Waals surface area contributed by atoms with Crippen molar-refractivity contribution in [2.75, 3.05) is 34.3 Å². The van der Waals surface area contributed by atoms with E-state index in [4.69, 9.17) is 4.42 Å². The molecule has 0 saturated carbocycles. The third kappa shape index (κ3) is 5.42. The fraction of sp³-hybridized carbons (Fsp3) is 0.615. The summed E-state index contributed by atoms with van der Waals surface area (Å²) < 4.78 is 9.86. The molecule has 19 heavy (non-hydrogen) atoms. The fourth-order valence-corrected chi connectivity index (χ4v) is 1.88. The Balaban J connectivity index is 2.41. The molecule has 0 aromatic carbocycles. The molecule has 1 unspecified atom stereocenters. The molecule has 1 atom stereocenters. The number of nitrogens with zero attached hydrogens (tertiary/aromatic N) is 1. The second-order valence-electron chi connectivity index (χ2n) is 5.10. The van der Waals surface area contributed by atoms with Crippen molar-refractivity contribution >= 4 is 5.97 Å². The highest BCUT2D eigenvalue weighted by molar-refractivity contribution is 5.86. The monoisotopic (exact) mass is 270 g/mol. The van der Waals surface area contributed by atoms with Gasteiger partial charge in [0.25, 0.3) is 0 Å². The van der Waals surface area contributed by atoms with Crippen molar-refractivity contribution in [3.05, 3.63) is 23.7 Å². The van der Waals surface area contributed by atoms with E-state index in [9.17, 15) is 9.90 Å². The minimum Gasteiger partial charge on any atom is -0.463 e. The number of furan rings is 1. The van der Waals surface area contributed by atoms with Gasteiger partial charge in [-0.1, -0.05) is 0 Å². The zero-order valence-corrected chi connectivity index (χ0v) is 11.9. The molecule has 0 aliphatic heterocycles. The van der Waals surface area contributed by atoms with E-state index in [2.05, 4.69) is 10.1 Å². The maximum Gasteiger partial charge on any atom is 0.373 e. The molecule has 6 nitrogen and oxygen atoms in total. The maximum atomic E-state index is 11.2. The summed E-state index contributed by atoms with van der Waals surface area (Å²) in [6.45, 7) is 3.20. The molecule has 0 fully saturated rings. The molecule has 0 aliphatic rings. The van der Waals surface area contributed by atoms with Gasteiger partial charge in [0.15, 0.2) is 0 Å². The zero-order chi connectivity index (χ0) is 14.5. The van der Waals surface area contributed by atoms with Gasteiger partial charge in [-0.15, -0.1) is 0 Å². The Morgan fingerprint density at radius 3 is 2.79 bits per heavy atom. The number of ether oxygens (including phenoxy) is 1. The van der Waals surface area contributed by atoms with Crippen LogP contribution in [0.5, 0.6) is 0 Å². The average Bonchev–Trinajstić information content (AvgIpc) is 2.74. The minimum absolute atomic E-state index is 0.180. The second kappa shape index (κ2) is 6.70. The number of esters is 1. The van der Waals surface area contributed by atoms with Crippen molar-refractivity contribution < 1.29 is 19.1 Å². The SMILES string of the molecule is COC(=O)c1ccc(CNCC(C)(O)CN(C)C)o1. The Kier molecular flexibility index (Phi) is 5.53. The first kappa shape index (κ1) is 15.7. The third-order valence-electron chi connectivity index (χ3n) is 2.51. The van der Waals surface area contributed by atoms with Crippen LogP contribution >= 0.6 is 0 Å². The molecule has 1 aromatic rings. The Morgan fingerprint density at radius 1 is 1.53 bits per heavy atom. The van der Waals surface area contributed by atoms with Gasteiger partial charge in [-0.2, -0.15) is 0 Å². The van der Waals surface area contributed by atoms with Crippen molar-refractivity contribution in [3.63, 3.8) is 0 Å². The van der Waals surface area contributed by atoms with Crippen LogP contribution in [0, 0.1) is 0 Å². The summed E-state index contributed by atoms with van der Waals surface area (Å²) in [6.07, 6.45) is 0. The predicted octanol–water partition coefficient (Wildman–Crippen LogP) is 0.468. The standard InChI is InChI=1S/C13H22N2O4/c1-13(17,9-15(2)3)8-14-7-10-5-6-11(19-10)12(16)18-4/h5-6,14,17H,7-9H2,1-4H3. The highest BCUT2D eigenvalue weighted by Crippen LogP contribution is 2.09. The molecular weight excluding hydrogens is 248 g/mol.